The second-order valence-corrected chi connectivity index (χ2v) is 7.47. The Labute approximate surface area is 133 Å². The minimum atomic E-state index is 0.531. The first-order valence-electron chi connectivity index (χ1n) is 7.70. The van der Waals surface area contributed by atoms with Crippen LogP contribution >= 0.6 is 27.3 Å². The van der Waals surface area contributed by atoms with Gasteiger partial charge in [-0.05, 0) is 63.6 Å². The molecule has 2 aromatic rings. The van der Waals surface area contributed by atoms with Crippen LogP contribution in [0.3, 0.4) is 0 Å². The van der Waals surface area contributed by atoms with E-state index in [1.807, 2.05) is 11.3 Å². The smallest absolute Gasteiger partial charge is 0.0488 e. The molecule has 1 nitrogen and oxygen atoms in total. The molecule has 1 aromatic carbocycles. The van der Waals surface area contributed by atoms with E-state index in [0.717, 1.165) is 12.5 Å². The van der Waals surface area contributed by atoms with E-state index in [-0.39, 0.29) is 0 Å². The number of hydrogen-bond donors (Lipinski definition) is 1. The zero-order chi connectivity index (χ0) is 13.9. The Morgan fingerprint density at radius 2 is 2.10 bits per heavy atom. The molecule has 1 unspecified atom stereocenters. The summed E-state index contributed by atoms with van der Waals surface area (Å²) >= 11 is 5.56. The van der Waals surface area contributed by atoms with Gasteiger partial charge in [-0.15, -0.1) is 11.3 Å². The second kappa shape index (κ2) is 6.59. The molecule has 0 amide bonds. The Morgan fingerprint density at radius 1 is 1.30 bits per heavy atom. The first kappa shape index (κ1) is 14.6. The van der Waals surface area contributed by atoms with Crippen LogP contribution < -0.4 is 5.32 Å². The van der Waals surface area contributed by atoms with Gasteiger partial charge in [-0.3, -0.25) is 0 Å². The van der Waals surface area contributed by atoms with Crippen LogP contribution in [0.15, 0.2) is 28.1 Å². The topological polar surface area (TPSA) is 12.0 Å². The lowest BCUT2D eigenvalue weighted by molar-refractivity contribution is 0.276. The third-order valence-corrected chi connectivity index (χ3v) is 6.43. The highest BCUT2D eigenvalue weighted by Crippen LogP contribution is 2.41. The van der Waals surface area contributed by atoms with Gasteiger partial charge in [0.1, 0.15) is 0 Å². The molecule has 0 saturated heterocycles. The molecule has 1 aliphatic carbocycles. The average Bonchev–Trinajstić information content (AvgIpc) is 2.91. The fraction of sp³-hybridized carbons (Fsp3) is 0.529. The van der Waals surface area contributed by atoms with Crippen LogP contribution in [-0.4, -0.2) is 6.54 Å². The average molecular weight is 352 g/mol. The van der Waals surface area contributed by atoms with E-state index in [1.54, 1.807) is 0 Å². The van der Waals surface area contributed by atoms with Gasteiger partial charge in [0, 0.05) is 15.2 Å². The molecule has 0 spiro atoms. The van der Waals surface area contributed by atoms with Gasteiger partial charge in [0.05, 0.1) is 0 Å². The molecular formula is C17H22BrNS. The summed E-state index contributed by atoms with van der Waals surface area (Å²) in [5.74, 6) is 0.806. The summed E-state index contributed by atoms with van der Waals surface area (Å²) in [4.78, 5) is 0. The second-order valence-electron chi connectivity index (χ2n) is 5.74. The first-order valence-corrected chi connectivity index (χ1v) is 9.37. The van der Waals surface area contributed by atoms with Gasteiger partial charge in [-0.2, -0.15) is 0 Å². The summed E-state index contributed by atoms with van der Waals surface area (Å²) in [5.41, 5.74) is 1.51. The van der Waals surface area contributed by atoms with Crippen molar-refractivity contribution < 1.29 is 0 Å². The van der Waals surface area contributed by atoms with Crippen molar-refractivity contribution >= 4 is 37.4 Å². The summed E-state index contributed by atoms with van der Waals surface area (Å²) in [6, 6.07) is 7.11. The van der Waals surface area contributed by atoms with Crippen molar-refractivity contribution in [3.8, 4) is 0 Å². The van der Waals surface area contributed by atoms with Gasteiger partial charge < -0.3 is 5.32 Å². The van der Waals surface area contributed by atoms with E-state index in [2.05, 4.69) is 51.7 Å². The van der Waals surface area contributed by atoms with Crippen LogP contribution in [0.5, 0.6) is 0 Å². The maximum atomic E-state index is 3.76. The monoisotopic (exact) mass is 351 g/mol. The molecule has 0 aliphatic heterocycles. The highest BCUT2D eigenvalue weighted by Gasteiger charge is 2.26. The molecule has 3 heteroatoms. The molecular weight excluding hydrogens is 330 g/mol. The van der Waals surface area contributed by atoms with E-state index in [9.17, 15) is 0 Å². The molecule has 3 rings (SSSR count). The zero-order valence-corrected chi connectivity index (χ0v) is 14.4. The Kier molecular flexibility index (Phi) is 4.79. The fourth-order valence-corrected chi connectivity index (χ4v) is 5.16. The third-order valence-electron chi connectivity index (χ3n) is 4.46. The van der Waals surface area contributed by atoms with Crippen molar-refractivity contribution in [2.45, 2.75) is 45.1 Å². The van der Waals surface area contributed by atoms with Crippen LogP contribution in [0.4, 0.5) is 0 Å². The lowest BCUT2D eigenvalue weighted by Gasteiger charge is -2.31. The normalized spacial score (nSPS) is 18.5. The number of halogens is 1. The lowest BCUT2D eigenvalue weighted by Crippen LogP contribution is -2.29. The molecule has 1 aromatic heterocycles. The minimum Gasteiger partial charge on any atom is -0.310 e. The SMILES string of the molecule is CCNC(c1csc2c(Br)cccc12)C1CCCCC1. The largest absolute Gasteiger partial charge is 0.310 e. The molecule has 0 bridgehead atoms. The van der Waals surface area contributed by atoms with Gasteiger partial charge in [-0.1, -0.05) is 38.3 Å². The highest BCUT2D eigenvalue weighted by atomic mass is 79.9. The zero-order valence-electron chi connectivity index (χ0n) is 12.0. The maximum absolute atomic E-state index is 3.76. The molecule has 1 saturated carbocycles. The van der Waals surface area contributed by atoms with Crippen molar-refractivity contribution in [2.24, 2.45) is 5.92 Å². The van der Waals surface area contributed by atoms with E-state index in [1.165, 1.54) is 52.2 Å². The summed E-state index contributed by atoms with van der Waals surface area (Å²) in [7, 11) is 0. The fourth-order valence-electron chi connectivity index (χ4n) is 3.50. The van der Waals surface area contributed by atoms with Gasteiger partial charge >= 0.3 is 0 Å². The molecule has 20 heavy (non-hydrogen) atoms. The Morgan fingerprint density at radius 3 is 2.85 bits per heavy atom. The van der Waals surface area contributed by atoms with Crippen molar-refractivity contribution in [3.05, 3.63) is 33.6 Å². The highest BCUT2D eigenvalue weighted by molar-refractivity contribution is 9.10. The molecule has 1 aliphatic rings. The van der Waals surface area contributed by atoms with Crippen LogP contribution in [-0.2, 0) is 0 Å². The number of nitrogens with one attached hydrogen (secondary N) is 1. The molecule has 1 atom stereocenters. The van der Waals surface area contributed by atoms with Crippen molar-refractivity contribution in [2.75, 3.05) is 6.54 Å². The van der Waals surface area contributed by atoms with Crippen LogP contribution in [0.1, 0.15) is 50.6 Å². The van der Waals surface area contributed by atoms with Gasteiger partial charge in [0.2, 0.25) is 0 Å². The lowest BCUT2D eigenvalue weighted by atomic mass is 9.81. The Bertz CT molecular complexity index is 571. The Balaban J connectivity index is 1.98. The molecule has 1 N–H and O–H groups in total. The van der Waals surface area contributed by atoms with Crippen LogP contribution in [0.2, 0.25) is 0 Å². The van der Waals surface area contributed by atoms with E-state index < -0.39 is 0 Å². The van der Waals surface area contributed by atoms with Crippen molar-refractivity contribution in [3.63, 3.8) is 0 Å². The molecule has 1 heterocycles. The molecule has 108 valence electrons. The molecule has 0 radical (unpaired) electrons. The van der Waals surface area contributed by atoms with Crippen LogP contribution in [0, 0.1) is 5.92 Å². The van der Waals surface area contributed by atoms with Gasteiger partial charge in [-0.25, -0.2) is 0 Å². The summed E-state index contributed by atoms with van der Waals surface area (Å²) < 4.78 is 2.62. The Hall–Kier alpha value is -0.380. The number of thiophene rings is 1. The van der Waals surface area contributed by atoms with Crippen molar-refractivity contribution in [1.29, 1.82) is 0 Å². The third kappa shape index (κ3) is 2.81. The minimum absolute atomic E-state index is 0.531. The quantitative estimate of drug-likeness (QED) is 0.723. The number of rotatable bonds is 4. The number of fused-ring (bicyclic) bond motifs is 1. The predicted octanol–water partition coefficient (Wildman–Crippen LogP) is 5.89. The molecule has 1 fully saturated rings. The van der Waals surface area contributed by atoms with Gasteiger partial charge in [0.15, 0.2) is 0 Å². The van der Waals surface area contributed by atoms with E-state index >= 15 is 0 Å². The summed E-state index contributed by atoms with van der Waals surface area (Å²) in [6.45, 7) is 3.27. The number of benzene rings is 1. The van der Waals surface area contributed by atoms with E-state index in [0.29, 0.717) is 6.04 Å². The van der Waals surface area contributed by atoms with Crippen LogP contribution in [0.25, 0.3) is 10.1 Å². The maximum Gasteiger partial charge on any atom is 0.0488 e. The van der Waals surface area contributed by atoms with E-state index in [4.69, 9.17) is 0 Å². The van der Waals surface area contributed by atoms with Crippen molar-refractivity contribution in [1.82, 2.24) is 5.32 Å². The summed E-state index contributed by atoms with van der Waals surface area (Å²) in [6.07, 6.45) is 6.98. The first-order chi connectivity index (χ1) is 9.81. The predicted molar refractivity (Wildman–Crippen MR) is 92.5 cm³/mol. The standard InChI is InChI=1S/C17H22BrNS/c1-2-19-16(12-7-4-3-5-8-12)14-11-20-17-13(14)9-6-10-15(17)18/h6,9-12,16,19H,2-5,7-8H2,1H3. The van der Waals surface area contributed by atoms with Gasteiger partial charge in [0.25, 0.3) is 0 Å². The number of hydrogen-bond acceptors (Lipinski definition) is 2. The summed E-state index contributed by atoms with van der Waals surface area (Å²) in [5, 5.41) is 7.56.